The van der Waals surface area contributed by atoms with Crippen molar-refractivity contribution in [1.82, 2.24) is 14.0 Å². The number of hydrogen-bond acceptors (Lipinski definition) is 7. The molecule has 4 atom stereocenters. The normalized spacial score (nSPS) is 24.6. The van der Waals surface area contributed by atoms with Crippen LogP contribution in [0.5, 0.6) is 11.5 Å². The maximum Gasteiger partial charge on any atom is 0.343 e. The van der Waals surface area contributed by atoms with Crippen LogP contribution in [-0.4, -0.2) is 57.9 Å². The summed E-state index contributed by atoms with van der Waals surface area (Å²) in [6.45, 7) is 4.34. The highest BCUT2D eigenvalue weighted by molar-refractivity contribution is 6.31. The summed E-state index contributed by atoms with van der Waals surface area (Å²) in [6.07, 6.45) is -0.731. The van der Waals surface area contributed by atoms with Gasteiger partial charge in [0.25, 0.3) is 5.91 Å². The van der Waals surface area contributed by atoms with Crippen molar-refractivity contribution in [2.45, 2.75) is 44.5 Å². The molecule has 3 aliphatic rings. The summed E-state index contributed by atoms with van der Waals surface area (Å²) < 4.78 is 27.2. The van der Waals surface area contributed by atoms with Crippen LogP contribution in [0.2, 0.25) is 0 Å². The molecule has 0 unspecified atom stereocenters. The summed E-state index contributed by atoms with van der Waals surface area (Å²) >= 11 is 0. The van der Waals surface area contributed by atoms with Crippen LogP contribution < -0.4 is 9.47 Å². The van der Waals surface area contributed by atoms with Crippen LogP contribution in [-0.2, 0) is 33.1 Å². The number of fused-ring (bicyclic) bond motifs is 13. The van der Waals surface area contributed by atoms with Gasteiger partial charge in [-0.25, -0.2) is 4.79 Å². The molecule has 0 aliphatic carbocycles. The van der Waals surface area contributed by atoms with Gasteiger partial charge in [-0.1, -0.05) is 49.4 Å². The molecule has 1 N–H and O–H groups in total. The van der Waals surface area contributed by atoms with Crippen molar-refractivity contribution in [2.75, 3.05) is 21.3 Å². The van der Waals surface area contributed by atoms with Gasteiger partial charge in [0.15, 0.2) is 17.2 Å². The van der Waals surface area contributed by atoms with Crippen molar-refractivity contribution >= 4 is 55.5 Å². The van der Waals surface area contributed by atoms with E-state index >= 15 is 0 Å². The van der Waals surface area contributed by atoms with Crippen molar-refractivity contribution < 1.29 is 33.6 Å². The Bertz CT molecular complexity index is 2370. The number of aromatic nitrogens is 2. The number of esters is 1. The van der Waals surface area contributed by atoms with Crippen molar-refractivity contribution in [3.05, 3.63) is 83.4 Å². The number of ether oxygens (including phenoxy) is 4. The van der Waals surface area contributed by atoms with E-state index in [1.54, 1.807) is 21.1 Å². The highest BCUT2D eigenvalue weighted by Crippen LogP contribution is 2.60. The number of methoxy groups -OCH3 is 3. The summed E-state index contributed by atoms with van der Waals surface area (Å²) in [5.41, 5.74) is 2.25. The van der Waals surface area contributed by atoms with Gasteiger partial charge in [0, 0.05) is 40.6 Å². The molecule has 5 heterocycles. The van der Waals surface area contributed by atoms with E-state index in [1.807, 2.05) is 83.1 Å². The molecule has 2 aromatic heterocycles. The Kier molecular flexibility index (Phi) is 5.56. The number of carbonyl (C=O) groups excluding carboxylic acids is 2. The van der Waals surface area contributed by atoms with E-state index in [0.29, 0.717) is 30.2 Å². The first-order chi connectivity index (χ1) is 22.7. The van der Waals surface area contributed by atoms with Gasteiger partial charge in [-0.15, -0.1) is 0 Å². The first kappa shape index (κ1) is 28.2. The summed E-state index contributed by atoms with van der Waals surface area (Å²) in [7, 11) is 4.49. The zero-order valence-corrected chi connectivity index (χ0v) is 26.7. The van der Waals surface area contributed by atoms with E-state index in [9.17, 15) is 14.7 Å². The molecule has 1 fully saturated rings. The standard InChI is InChI=1S/C37H33N3O7/c1-19-34-39-24-12-8-6-10-21(24)29-30-23(18-38(33(30)41)17-20-14-15-26(44-3)27(16-20)45-4)28-22-11-7-9-13-25(22)40(32(28)31(29)39)36(2,47-34)37(19,43)35(42)46-5/h6-16,19,34,43H,17-18H2,1-5H3/t19-,34+,36-,37-/m0/s1. The Hall–Kier alpha value is -5.06. The number of amides is 1. The second kappa shape index (κ2) is 9.27. The maximum absolute atomic E-state index is 14.7. The van der Waals surface area contributed by atoms with Gasteiger partial charge >= 0.3 is 5.97 Å². The number of rotatable bonds is 5. The van der Waals surface area contributed by atoms with E-state index in [1.165, 1.54) is 7.11 Å². The quantitative estimate of drug-likeness (QED) is 0.239. The van der Waals surface area contributed by atoms with Crippen molar-refractivity contribution in [2.24, 2.45) is 5.92 Å². The number of carbonyl (C=O) groups is 2. The summed E-state index contributed by atoms with van der Waals surface area (Å²) in [5.74, 6) is -0.291. The molecule has 2 bridgehead atoms. The molecule has 10 heteroatoms. The minimum absolute atomic E-state index is 0.0583. The van der Waals surface area contributed by atoms with Gasteiger partial charge in [0.2, 0.25) is 5.60 Å². The van der Waals surface area contributed by atoms with Crippen LogP contribution >= 0.6 is 0 Å². The lowest BCUT2D eigenvalue weighted by molar-refractivity contribution is -0.205. The van der Waals surface area contributed by atoms with Crippen LogP contribution in [0.3, 0.4) is 0 Å². The van der Waals surface area contributed by atoms with Gasteiger partial charge in [-0.2, -0.15) is 0 Å². The van der Waals surface area contributed by atoms with E-state index in [2.05, 4.69) is 4.57 Å². The zero-order valence-electron chi connectivity index (χ0n) is 26.7. The molecule has 1 saturated heterocycles. The lowest BCUT2D eigenvalue weighted by Gasteiger charge is -2.39. The fourth-order valence-electron chi connectivity index (χ4n) is 8.73. The Balaban J connectivity index is 1.40. The van der Waals surface area contributed by atoms with Gasteiger partial charge in [0.05, 0.1) is 49.0 Å². The third-order valence-electron chi connectivity index (χ3n) is 10.9. The second-order valence-corrected chi connectivity index (χ2v) is 12.9. The van der Waals surface area contributed by atoms with Gasteiger partial charge in [0.1, 0.15) is 6.23 Å². The fourth-order valence-corrected chi connectivity index (χ4v) is 8.73. The van der Waals surface area contributed by atoms with Gasteiger partial charge in [-0.05, 0) is 42.3 Å². The lowest BCUT2D eigenvalue weighted by Crippen LogP contribution is -2.59. The minimum atomic E-state index is -2.02. The molecule has 0 saturated carbocycles. The Morgan fingerprint density at radius 1 is 0.936 bits per heavy atom. The molecule has 238 valence electrons. The summed E-state index contributed by atoms with van der Waals surface area (Å²) in [6, 6.07) is 21.6. The number of aliphatic hydroxyl groups is 1. The largest absolute Gasteiger partial charge is 0.493 e. The van der Waals surface area contributed by atoms with Crippen molar-refractivity contribution in [3.63, 3.8) is 0 Å². The third kappa shape index (κ3) is 3.17. The van der Waals surface area contributed by atoms with Gasteiger partial charge in [-0.3, -0.25) is 4.79 Å². The average molecular weight is 632 g/mol. The van der Waals surface area contributed by atoms with Crippen LogP contribution in [0.15, 0.2) is 66.7 Å². The molecule has 10 nitrogen and oxygen atoms in total. The summed E-state index contributed by atoms with van der Waals surface area (Å²) in [4.78, 5) is 30.2. The molecule has 0 spiro atoms. The molecule has 1 amide bonds. The smallest absolute Gasteiger partial charge is 0.343 e. The zero-order chi connectivity index (χ0) is 32.6. The number of para-hydroxylation sites is 2. The first-order valence-electron chi connectivity index (χ1n) is 15.7. The predicted octanol–water partition coefficient (Wildman–Crippen LogP) is 5.83. The van der Waals surface area contributed by atoms with E-state index in [0.717, 1.165) is 54.7 Å². The Morgan fingerprint density at radius 3 is 2.32 bits per heavy atom. The SMILES string of the molecule is COC(=O)[C@@]1(O)[C@@H](C)[C@H]2O[C@]1(C)n1c3ccccc3c3c4c(c5c6ccccc6n2c5c31)C(=O)N(Cc1ccc(OC)c(OC)c1)C4. The molecule has 4 aromatic carbocycles. The molecular weight excluding hydrogens is 598 g/mol. The van der Waals surface area contributed by atoms with E-state index in [4.69, 9.17) is 18.9 Å². The van der Waals surface area contributed by atoms with Crippen LogP contribution in [0, 0.1) is 5.92 Å². The Morgan fingerprint density at radius 2 is 1.62 bits per heavy atom. The van der Waals surface area contributed by atoms with E-state index < -0.39 is 29.4 Å². The topological polar surface area (TPSA) is 104 Å². The minimum Gasteiger partial charge on any atom is -0.493 e. The Labute approximate surface area is 269 Å². The average Bonchev–Trinajstić information content (AvgIpc) is 3.75. The van der Waals surface area contributed by atoms with Crippen LogP contribution in [0.25, 0.3) is 43.6 Å². The third-order valence-corrected chi connectivity index (χ3v) is 10.9. The molecule has 0 radical (unpaired) electrons. The summed E-state index contributed by atoms with van der Waals surface area (Å²) in [5, 5.41) is 16.1. The maximum atomic E-state index is 14.7. The van der Waals surface area contributed by atoms with Crippen molar-refractivity contribution in [1.29, 1.82) is 0 Å². The van der Waals surface area contributed by atoms with Crippen LogP contribution in [0.1, 0.15) is 41.6 Å². The fraction of sp³-hybridized carbons (Fsp3) is 0.297. The highest BCUT2D eigenvalue weighted by atomic mass is 16.6. The lowest BCUT2D eigenvalue weighted by atomic mass is 9.81. The predicted molar refractivity (Wildman–Crippen MR) is 175 cm³/mol. The van der Waals surface area contributed by atoms with Gasteiger partial charge < -0.3 is 38.1 Å². The molecule has 6 aromatic rings. The number of benzene rings is 4. The number of hydrogen-bond donors (Lipinski definition) is 1. The molecule has 9 rings (SSSR count). The number of nitrogens with zero attached hydrogens (tertiary/aromatic N) is 3. The molecule has 47 heavy (non-hydrogen) atoms. The molecular formula is C37H33N3O7. The second-order valence-electron chi connectivity index (χ2n) is 12.9. The first-order valence-corrected chi connectivity index (χ1v) is 15.7. The highest BCUT2D eigenvalue weighted by Gasteiger charge is 2.70. The molecule has 3 aliphatic heterocycles. The van der Waals surface area contributed by atoms with E-state index in [-0.39, 0.29) is 5.91 Å². The van der Waals surface area contributed by atoms with Crippen LogP contribution in [0.4, 0.5) is 0 Å². The van der Waals surface area contributed by atoms with Crippen molar-refractivity contribution in [3.8, 4) is 11.5 Å². The monoisotopic (exact) mass is 631 g/mol.